The highest BCUT2D eigenvalue weighted by atomic mass is 32.2. The van der Waals surface area contributed by atoms with Crippen molar-refractivity contribution in [3.8, 4) is 0 Å². The molecule has 3 heteroatoms. The molecule has 1 saturated heterocycles. The molecule has 2 nitrogen and oxygen atoms in total. The molecule has 1 aromatic carbocycles. The SMILES string of the molecule is CC(CN)(CN1CCCSCC1)c1ccccc1. The summed E-state index contributed by atoms with van der Waals surface area (Å²) in [5.74, 6) is 2.57. The maximum Gasteiger partial charge on any atom is 0.0174 e. The zero-order valence-electron chi connectivity index (χ0n) is 11.3. The Morgan fingerprint density at radius 2 is 2.00 bits per heavy atom. The summed E-state index contributed by atoms with van der Waals surface area (Å²) in [5, 5.41) is 0. The maximum absolute atomic E-state index is 6.06. The van der Waals surface area contributed by atoms with Crippen LogP contribution in [0.1, 0.15) is 18.9 Å². The Kier molecular flexibility index (Phi) is 5.10. The van der Waals surface area contributed by atoms with Crippen molar-refractivity contribution < 1.29 is 0 Å². The number of nitrogens with zero attached hydrogens (tertiary/aromatic N) is 1. The summed E-state index contributed by atoms with van der Waals surface area (Å²) in [5.41, 5.74) is 7.51. The molecule has 100 valence electrons. The molecule has 0 amide bonds. The van der Waals surface area contributed by atoms with Gasteiger partial charge in [0.25, 0.3) is 0 Å². The van der Waals surface area contributed by atoms with E-state index in [1.807, 2.05) is 0 Å². The van der Waals surface area contributed by atoms with E-state index in [4.69, 9.17) is 5.73 Å². The van der Waals surface area contributed by atoms with Crippen molar-refractivity contribution in [3.63, 3.8) is 0 Å². The Labute approximate surface area is 115 Å². The molecule has 2 N–H and O–H groups in total. The van der Waals surface area contributed by atoms with Crippen molar-refractivity contribution in [2.75, 3.05) is 37.7 Å². The van der Waals surface area contributed by atoms with E-state index in [1.165, 1.54) is 36.6 Å². The minimum absolute atomic E-state index is 0.0796. The molecular formula is C15H24N2S. The van der Waals surface area contributed by atoms with Crippen molar-refractivity contribution >= 4 is 11.8 Å². The van der Waals surface area contributed by atoms with Gasteiger partial charge in [0, 0.05) is 30.8 Å². The molecular weight excluding hydrogens is 240 g/mol. The fourth-order valence-corrected chi connectivity index (χ4v) is 3.49. The van der Waals surface area contributed by atoms with Gasteiger partial charge in [0.15, 0.2) is 0 Å². The summed E-state index contributed by atoms with van der Waals surface area (Å²) >= 11 is 2.08. The van der Waals surface area contributed by atoms with Crippen LogP contribution in [0, 0.1) is 0 Å². The van der Waals surface area contributed by atoms with Crippen LogP contribution in [0.25, 0.3) is 0 Å². The Hall–Kier alpha value is -0.510. The molecule has 0 spiro atoms. The number of hydrogen-bond acceptors (Lipinski definition) is 3. The Bertz CT molecular complexity index is 347. The highest BCUT2D eigenvalue weighted by Crippen LogP contribution is 2.24. The third kappa shape index (κ3) is 3.50. The number of benzene rings is 1. The zero-order chi connectivity index (χ0) is 12.8. The molecule has 0 aliphatic carbocycles. The summed E-state index contributed by atoms with van der Waals surface area (Å²) in [6.45, 7) is 6.50. The Balaban J connectivity index is 2.07. The lowest BCUT2D eigenvalue weighted by Crippen LogP contribution is -2.44. The van der Waals surface area contributed by atoms with E-state index in [-0.39, 0.29) is 5.41 Å². The molecule has 1 aliphatic rings. The molecule has 1 aliphatic heterocycles. The van der Waals surface area contributed by atoms with Crippen LogP contribution in [0.15, 0.2) is 30.3 Å². The summed E-state index contributed by atoms with van der Waals surface area (Å²) in [7, 11) is 0. The van der Waals surface area contributed by atoms with Crippen LogP contribution in [-0.4, -0.2) is 42.6 Å². The van der Waals surface area contributed by atoms with Gasteiger partial charge in [-0.2, -0.15) is 11.8 Å². The maximum atomic E-state index is 6.06. The molecule has 0 bridgehead atoms. The zero-order valence-corrected chi connectivity index (χ0v) is 12.1. The van der Waals surface area contributed by atoms with Crippen molar-refractivity contribution in [2.45, 2.75) is 18.8 Å². The van der Waals surface area contributed by atoms with Gasteiger partial charge in [-0.1, -0.05) is 37.3 Å². The van der Waals surface area contributed by atoms with E-state index in [0.717, 1.165) is 6.54 Å². The first-order chi connectivity index (χ1) is 8.74. The van der Waals surface area contributed by atoms with Gasteiger partial charge in [0.1, 0.15) is 0 Å². The standard InChI is InChI=1S/C15H24N2S/c1-15(12-16,14-6-3-2-4-7-14)13-17-8-5-10-18-11-9-17/h2-4,6-7H,5,8-13,16H2,1H3. The van der Waals surface area contributed by atoms with E-state index in [1.54, 1.807) is 0 Å². The van der Waals surface area contributed by atoms with E-state index in [9.17, 15) is 0 Å². The Morgan fingerprint density at radius 1 is 1.22 bits per heavy atom. The van der Waals surface area contributed by atoms with Gasteiger partial charge in [-0.05, 0) is 24.3 Å². The normalized spacial score (nSPS) is 21.2. The highest BCUT2D eigenvalue weighted by molar-refractivity contribution is 7.99. The lowest BCUT2D eigenvalue weighted by molar-refractivity contribution is 0.232. The first-order valence-electron chi connectivity index (χ1n) is 6.80. The number of thioether (sulfide) groups is 1. The fraction of sp³-hybridized carbons (Fsp3) is 0.600. The minimum Gasteiger partial charge on any atom is -0.330 e. The predicted octanol–water partition coefficient (Wildman–Crippen LogP) is 2.34. The van der Waals surface area contributed by atoms with Gasteiger partial charge >= 0.3 is 0 Å². The van der Waals surface area contributed by atoms with E-state index >= 15 is 0 Å². The van der Waals surface area contributed by atoms with Crippen LogP contribution in [-0.2, 0) is 5.41 Å². The number of rotatable bonds is 4. The lowest BCUT2D eigenvalue weighted by Gasteiger charge is -2.34. The first-order valence-corrected chi connectivity index (χ1v) is 7.96. The third-order valence-corrected chi connectivity index (χ3v) is 4.86. The topological polar surface area (TPSA) is 29.3 Å². The summed E-state index contributed by atoms with van der Waals surface area (Å²) in [6, 6.07) is 10.7. The average Bonchev–Trinajstić information content (AvgIpc) is 2.68. The van der Waals surface area contributed by atoms with Crippen LogP contribution in [0.2, 0.25) is 0 Å². The van der Waals surface area contributed by atoms with Crippen LogP contribution < -0.4 is 5.73 Å². The second-order valence-corrected chi connectivity index (χ2v) is 6.60. The van der Waals surface area contributed by atoms with Crippen molar-refractivity contribution in [3.05, 3.63) is 35.9 Å². The number of hydrogen-bond donors (Lipinski definition) is 1. The minimum atomic E-state index is 0.0796. The smallest absolute Gasteiger partial charge is 0.0174 e. The van der Waals surface area contributed by atoms with Gasteiger partial charge in [0.05, 0.1) is 0 Å². The second kappa shape index (κ2) is 6.60. The molecule has 1 unspecified atom stereocenters. The monoisotopic (exact) mass is 264 g/mol. The Morgan fingerprint density at radius 3 is 2.72 bits per heavy atom. The average molecular weight is 264 g/mol. The van der Waals surface area contributed by atoms with Gasteiger partial charge in [0.2, 0.25) is 0 Å². The molecule has 1 aromatic rings. The largest absolute Gasteiger partial charge is 0.330 e. The molecule has 18 heavy (non-hydrogen) atoms. The van der Waals surface area contributed by atoms with Gasteiger partial charge in [-0.15, -0.1) is 0 Å². The van der Waals surface area contributed by atoms with E-state index in [2.05, 4.69) is 53.9 Å². The van der Waals surface area contributed by atoms with Crippen LogP contribution >= 0.6 is 11.8 Å². The molecule has 1 atom stereocenters. The van der Waals surface area contributed by atoms with Crippen LogP contribution in [0.5, 0.6) is 0 Å². The number of nitrogens with two attached hydrogens (primary N) is 1. The molecule has 0 aromatic heterocycles. The van der Waals surface area contributed by atoms with Crippen LogP contribution in [0.3, 0.4) is 0 Å². The quantitative estimate of drug-likeness (QED) is 0.905. The molecule has 0 radical (unpaired) electrons. The van der Waals surface area contributed by atoms with Crippen molar-refractivity contribution in [1.82, 2.24) is 4.90 Å². The molecule has 2 rings (SSSR count). The lowest BCUT2D eigenvalue weighted by atomic mass is 9.82. The highest BCUT2D eigenvalue weighted by Gasteiger charge is 2.27. The van der Waals surface area contributed by atoms with Crippen LogP contribution in [0.4, 0.5) is 0 Å². The summed E-state index contributed by atoms with van der Waals surface area (Å²) in [4.78, 5) is 2.58. The fourth-order valence-electron chi connectivity index (χ4n) is 2.56. The summed E-state index contributed by atoms with van der Waals surface area (Å²) in [6.07, 6.45) is 1.31. The predicted molar refractivity (Wildman–Crippen MR) is 81.2 cm³/mol. The molecule has 0 saturated carbocycles. The van der Waals surface area contributed by atoms with E-state index in [0.29, 0.717) is 6.54 Å². The molecule has 1 heterocycles. The van der Waals surface area contributed by atoms with Gasteiger partial charge in [-0.25, -0.2) is 0 Å². The third-order valence-electron chi connectivity index (χ3n) is 3.81. The molecule has 1 fully saturated rings. The second-order valence-electron chi connectivity index (χ2n) is 5.37. The first kappa shape index (κ1) is 13.9. The van der Waals surface area contributed by atoms with Gasteiger partial charge in [-0.3, -0.25) is 0 Å². The van der Waals surface area contributed by atoms with Gasteiger partial charge < -0.3 is 10.6 Å². The van der Waals surface area contributed by atoms with E-state index < -0.39 is 0 Å². The van der Waals surface area contributed by atoms with Crippen molar-refractivity contribution in [2.24, 2.45) is 5.73 Å². The van der Waals surface area contributed by atoms with Crippen molar-refractivity contribution in [1.29, 1.82) is 0 Å². The summed E-state index contributed by atoms with van der Waals surface area (Å²) < 4.78 is 0.